The van der Waals surface area contributed by atoms with E-state index in [4.69, 9.17) is 19.9 Å². The Morgan fingerprint density at radius 1 is 0.224 bits per heavy atom. The van der Waals surface area contributed by atoms with E-state index in [2.05, 4.69) is 146 Å². The SMILES string of the molecule is c1ccc(-c2cc(-c3ccc(-c4cccc5cccc(-c6ccc(-c7cc(-c8ccccc8)nc(-c8ccccc8)n7)cc6)c45)cc3)nc(-c3ccccc3)n2)cc1. The van der Waals surface area contributed by atoms with Crippen molar-refractivity contribution in [1.82, 2.24) is 19.9 Å². The standard InChI is InChI=1S/C54H36N4/c1-5-15-39(16-6-1)48-35-50(57-53(55-48)44-19-9-3-10-20-44)41-31-27-37(28-32-41)46-25-13-23-43-24-14-26-47(52(43)46)38-29-33-42(34-30-38)51-36-49(40-17-7-2-8-18-40)56-54(58-51)45-21-11-4-12-22-45/h1-36H. The fraction of sp³-hybridized carbons (Fsp3) is 0. The molecule has 2 aromatic heterocycles. The third kappa shape index (κ3) is 6.95. The Balaban J connectivity index is 1.01. The summed E-state index contributed by atoms with van der Waals surface area (Å²) < 4.78 is 0. The second kappa shape index (κ2) is 15.4. The normalized spacial score (nSPS) is 11.1. The van der Waals surface area contributed by atoms with Crippen molar-refractivity contribution in [3.63, 3.8) is 0 Å². The van der Waals surface area contributed by atoms with Gasteiger partial charge >= 0.3 is 0 Å². The van der Waals surface area contributed by atoms with Gasteiger partial charge in [0.05, 0.1) is 22.8 Å². The molecule has 58 heavy (non-hydrogen) atoms. The molecule has 0 radical (unpaired) electrons. The number of aromatic nitrogens is 4. The fourth-order valence-electron chi connectivity index (χ4n) is 7.60. The summed E-state index contributed by atoms with van der Waals surface area (Å²) in [4.78, 5) is 20.1. The molecule has 4 nitrogen and oxygen atoms in total. The summed E-state index contributed by atoms with van der Waals surface area (Å²) in [6.07, 6.45) is 0. The van der Waals surface area contributed by atoms with Crippen LogP contribution in [0.15, 0.2) is 218 Å². The molecule has 272 valence electrons. The summed E-state index contributed by atoms with van der Waals surface area (Å²) in [5, 5.41) is 2.40. The first-order valence-corrected chi connectivity index (χ1v) is 19.5. The van der Waals surface area contributed by atoms with Crippen molar-refractivity contribution < 1.29 is 0 Å². The van der Waals surface area contributed by atoms with E-state index in [1.807, 2.05) is 72.8 Å². The van der Waals surface area contributed by atoms with Crippen molar-refractivity contribution in [2.75, 3.05) is 0 Å². The number of nitrogens with zero attached hydrogens (tertiary/aromatic N) is 4. The van der Waals surface area contributed by atoms with Gasteiger partial charge in [-0.1, -0.05) is 206 Å². The van der Waals surface area contributed by atoms with Crippen LogP contribution in [0.4, 0.5) is 0 Å². The zero-order valence-corrected chi connectivity index (χ0v) is 31.6. The van der Waals surface area contributed by atoms with Crippen LogP contribution in [-0.2, 0) is 0 Å². The number of benzene rings is 8. The van der Waals surface area contributed by atoms with Crippen LogP contribution < -0.4 is 0 Å². The highest BCUT2D eigenvalue weighted by atomic mass is 14.9. The minimum absolute atomic E-state index is 0.707. The Hall–Kier alpha value is -7.82. The molecule has 0 aliphatic rings. The van der Waals surface area contributed by atoms with Gasteiger partial charge in [0, 0.05) is 33.4 Å². The fourth-order valence-corrected chi connectivity index (χ4v) is 7.60. The topological polar surface area (TPSA) is 51.6 Å². The lowest BCUT2D eigenvalue weighted by Crippen LogP contribution is -1.96. The molecule has 0 fully saturated rings. The molecule has 8 aromatic carbocycles. The molecular weight excluding hydrogens is 705 g/mol. The Bertz CT molecular complexity index is 2680. The maximum atomic E-state index is 5.06. The molecule has 0 aliphatic carbocycles. The van der Waals surface area contributed by atoms with E-state index in [0.29, 0.717) is 11.6 Å². The Kier molecular flexibility index (Phi) is 9.18. The molecule has 2 heterocycles. The lowest BCUT2D eigenvalue weighted by atomic mass is 9.90. The van der Waals surface area contributed by atoms with Crippen LogP contribution in [-0.4, -0.2) is 19.9 Å². The van der Waals surface area contributed by atoms with E-state index in [1.165, 1.54) is 21.9 Å². The van der Waals surface area contributed by atoms with Crippen molar-refractivity contribution >= 4 is 10.8 Å². The predicted molar refractivity (Wildman–Crippen MR) is 239 cm³/mol. The average Bonchev–Trinajstić information content (AvgIpc) is 3.32. The molecule has 0 aliphatic heterocycles. The minimum Gasteiger partial charge on any atom is -0.228 e. The highest BCUT2D eigenvalue weighted by Gasteiger charge is 2.15. The van der Waals surface area contributed by atoms with Crippen molar-refractivity contribution in [2.45, 2.75) is 0 Å². The van der Waals surface area contributed by atoms with Crippen LogP contribution in [0, 0.1) is 0 Å². The van der Waals surface area contributed by atoms with E-state index < -0.39 is 0 Å². The van der Waals surface area contributed by atoms with Gasteiger partial charge in [0.15, 0.2) is 11.6 Å². The Morgan fingerprint density at radius 3 is 0.862 bits per heavy atom. The second-order valence-corrected chi connectivity index (χ2v) is 14.3. The lowest BCUT2D eigenvalue weighted by Gasteiger charge is -2.14. The lowest BCUT2D eigenvalue weighted by molar-refractivity contribution is 1.18. The molecule has 0 saturated heterocycles. The van der Waals surface area contributed by atoms with Gasteiger partial charge in [-0.05, 0) is 45.2 Å². The first kappa shape index (κ1) is 34.7. The van der Waals surface area contributed by atoms with Gasteiger partial charge in [-0.15, -0.1) is 0 Å². The van der Waals surface area contributed by atoms with Crippen LogP contribution in [0.5, 0.6) is 0 Å². The molecule has 10 rings (SSSR count). The summed E-state index contributed by atoms with van der Waals surface area (Å²) in [6.45, 7) is 0. The van der Waals surface area contributed by atoms with Crippen molar-refractivity contribution in [3.8, 4) is 90.1 Å². The summed E-state index contributed by atoms with van der Waals surface area (Å²) in [5.41, 5.74) is 14.3. The van der Waals surface area contributed by atoms with Crippen molar-refractivity contribution in [2.24, 2.45) is 0 Å². The van der Waals surface area contributed by atoms with E-state index in [1.54, 1.807) is 0 Å². The third-order valence-corrected chi connectivity index (χ3v) is 10.5. The molecule has 0 unspecified atom stereocenters. The second-order valence-electron chi connectivity index (χ2n) is 14.3. The van der Waals surface area contributed by atoms with Gasteiger partial charge in [-0.2, -0.15) is 0 Å². The molecule has 10 aromatic rings. The predicted octanol–water partition coefficient (Wildman–Crippen LogP) is 13.8. The maximum Gasteiger partial charge on any atom is 0.160 e. The van der Waals surface area contributed by atoms with E-state index in [-0.39, 0.29) is 0 Å². The minimum atomic E-state index is 0.707. The Labute approximate surface area is 337 Å². The largest absolute Gasteiger partial charge is 0.228 e. The smallest absolute Gasteiger partial charge is 0.160 e. The first-order valence-electron chi connectivity index (χ1n) is 19.5. The summed E-state index contributed by atoms with van der Waals surface area (Å²) in [5.74, 6) is 1.41. The first-order chi connectivity index (χ1) is 28.7. The number of hydrogen-bond donors (Lipinski definition) is 0. The van der Waals surface area contributed by atoms with Crippen LogP contribution in [0.25, 0.3) is 101 Å². The van der Waals surface area contributed by atoms with Crippen LogP contribution in [0.2, 0.25) is 0 Å². The molecule has 0 atom stereocenters. The Morgan fingerprint density at radius 2 is 0.517 bits per heavy atom. The van der Waals surface area contributed by atoms with Gasteiger partial charge in [0.25, 0.3) is 0 Å². The summed E-state index contributed by atoms with van der Waals surface area (Å²) in [7, 11) is 0. The average molecular weight is 741 g/mol. The van der Waals surface area contributed by atoms with Crippen LogP contribution in [0.3, 0.4) is 0 Å². The molecule has 0 saturated carbocycles. The molecule has 0 N–H and O–H groups in total. The molecular formula is C54H36N4. The zero-order valence-electron chi connectivity index (χ0n) is 31.6. The summed E-state index contributed by atoms with van der Waals surface area (Å²) >= 11 is 0. The molecule has 0 amide bonds. The number of rotatable bonds is 8. The highest BCUT2D eigenvalue weighted by Crippen LogP contribution is 2.38. The summed E-state index contributed by atoms with van der Waals surface area (Å²) in [6, 6.07) is 75.8. The van der Waals surface area contributed by atoms with Gasteiger partial charge < -0.3 is 0 Å². The van der Waals surface area contributed by atoms with Crippen molar-refractivity contribution in [3.05, 3.63) is 218 Å². The zero-order chi connectivity index (χ0) is 38.7. The number of fused-ring (bicyclic) bond motifs is 1. The van der Waals surface area contributed by atoms with Gasteiger partial charge in [-0.3, -0.25) is 0 Å². The van der Waals surface area contributed by atoms with E-state index in [9.17, 15) is 0 Å². The maximum absolute atomic E-state index is 5.06. The van der Waals surface area contributed by atoms with E-state index >= 15 is 0 Å². The van der Waals surface area contributed by atoms with Crippen molar-refractivity contribution in [1.29, 1.82) is 0 Å². The number of hydrogen-bond acceptors (Lipinski definition) is 4. The van der Waals surface area contributed by atoms with Gasteiger partial charge in [-0.25, -0.2) is 19.9 Å². The van der Waals surface area contributed by atoms with Gasteiger partial charge in [0.2, 0.25) is 0 Å². The monoisotopic (exact) mass is 740 g/mol. The quantitative estimate of drug-likeness (QED) is 0.156. The molecule has 0 spiro atoms. The van der Waals surface area contributed by atoms with Crippen LogP contribution >= 0.6 is 0 Å². The van der Waals surface area contributed by atoms with Gasteiger partial charge in [0.1, 0.15) is 0 Å². The van der Waals surface area contributed by atoms with Crippen LogP contribution in [0.1, 0.15) is 0 Å². The van der Waals surface area contributed by atoms with E-state index in [0.717, 1.165) is 67.3 Å². The highest BCUT2D eigenvalue weighted by molar-refractivity contribution is 6.06. The molecule has 0 bridgehead atoms. The third-order valence-electron chi connectivity index (χ3n) is 10.5. The molecule has 4 heteroatoms.